The molecule has 2 heterocycles. The molecule has 7 heteroatoms. The Balaban J connectivity index is 1.86. The number of rotatable bonds is 5. The number of hydrogen-bond acceptors (Lipinski definition) is 5. The van der Waals surface area contributed by atoms with Crippen LogP contribution >= 0.6 is 0 Å². The van der Waals surface area contributed by atoms with Gasteiger partial charge in [0.15, 0.2) is 5.82 Å². The molecule has 7 nitrogen and oxygen atoms in total. The van der Waals surface area contributed by atoms with Gasteiger partial charge in [0, 0.05) is 51.3 Å². The minimum Gasteiger partial charge on any atom is -0.366 e. The van der Waals surface area contributed by atoms with Crippen LogP contribution in [-0.2, 0) is 4.79 Å². The molecule has 0 atom stereocenters. The number of hydrogen-bond donors (Lipinski definition) is 1. The molecule has 140 valence electrons. The van der Waals surface area contributed by atoms with Crippen molar-refractivity contribution in [1.29, 1.82) is 0 Å². The van der Waals surface area contributed by atoms with Crippen molar-refractivity contribution < 1.29 is 9.59 Å². The minimum atomic E-state index is -0.153. The first kappa shape index (κ1) is 18.6. The molecule has 0 unspecified atom stereocenters. The number of benzene rings is 1. The van der Waals surface area contributed by atoms with Crippen molar-refractivity contribution in [1.82, 2.24) is 19.8 Å². The molecule has 0 radical (unpaired) electrons. The molecule has 1 aromatic carbocycles. The zero-order valence-electron chi connectivity index (χ0n) is 15.4. The summed E-state index contributed by atoms with van der Waals surface area (Å²) in [5.41, 5.74) is 1.18. The van der Waals surface area contributed by atoms with E-state index in [4.69, 9.17) is 0 Å². The zero-order valence-corrected chi connectivity index (χ0v) is 15.4. The van der Waals surface area contributed by atoms with Crippen LogP contribution in [0.15, 0.2) is 49.1 Å². The first-order valence-corrected chi connectivity index (χ1v) is 8.92. The number of amides is 2. The normalized spacial score (nSPS) is 14.0. The molecule has 1 aliphatic heterocycles. The quantitative estimate of drug-likeness (QED) is 0.821. The Hall–Kier alpha value is -3.22. The summed E-state index contributed by atoms with van der Waals surface area (Å²) in [6, 6.07) is 11.2. The monoisotopic (exact) mass is 365 g/mol. The summed E-state index contributed by atoms with van der Waals surface area (Å²) in [5, 5.41) is 3.13. The van der Waals surface area contributed by atoms with Gasteiger partial charge in [-0.25, -0.2) is 9.97 Å². The summed E-state index contributed by atoms with van der Waals surface area (Å²) >= 11 is 0. The highest BCUT2D eigenvalue weighted by molar-refractivity contribution is 5.93. The lowest BCUT2D eigenvalue weighted by atomic mass is 10.2. The average Bonchev–Trinajstić information content (AvgIpc) is 2.72. The molecule has 2 aromatic rings. The number of carbonyl (C=O) groups excluding carboxylic acids is 2. The van der Waals surface area contributed by atoms with Crippen LogP contribution in [0, 0.1) is 0 Å². The van der Waals surface area contributed by atoms with Crippen molar-refractivity contribution in [2.45, 2.75) is 6.92 Å². The van der Waals surface area contributed by atoms with E-state index >= 15 is 0 Å². The van der Waals surface area contributed by atoms with Crippen molar-refractivity contribution in [3.63, 3.8) is 0 Å². The van der Waals surface area contributed by atoms with Gasteiger partial charge < -0.3 is 15.1 Å². The van der Waals surface area contributed by atoms with E-state index in [-0.39, 0.29) is 11.8 Å². The Labute approximate surface area is 158 Å². The van der Waals surface area contributed by atoms with Gasteiger partial charge in [0.25, 0.3) is 5.91 Å². The maximum atomic E-state index is 13.0. The Morgan fingerprint density at radius 1 is 1.11 bits per heavy atom. The summed E-state index contributed by atoms with van der Waals surface area (Å²) in [4.78, 5) is 36.9. The van der Waals surface area contributed by atoms with Crippen LogP contribution in [0.3, 0.4) is 0 Å². The number of carbonyl (C=O) groups is 2. The fourth-order valence-corrected chi connectivity index (χ4v) is 2.93. The van der Waals surface area contributed by atoms with Gasteiger partial charge in [-0.15, -0.1) is 6.58 Å². The molecule has 1 fully saturated rings. The zero-order chi connectivity index (χ0) is 19.2. The van der Waals surface area contributed by atoms with E-state index in [0.29, 0.717) is 50.1 Å². The van der Waals surface area contributed by atoms with Gasteiger partial charge >= 0.3 is 0 Å². The Morgan fingerprint density at radius 2 is 1.78 bits per heavy atom. The molecule has 0 aliphatic carbocycles. The Bertz CT molecular complexity index is 830. The molecule has 1 N–H and O–H groups in total. The highest BCUT2D eigenvalue weighted by atomic mass is 16.2. The molecular weight excluding hydrogens is 342 g/mol. The largest absolute Gasteiger partial charge is 0.366 e. The van der Waals surface area contributed by atoms with E-state index in [2.05, 4.69) is 21.9 Å². The van der Waals surface area contributed by atoms with Gasteiger partial charge in [-0.05, 0) is 0 Å². The summed E-state index contributed by atoms with van der Waals surface area (Å²) < 4.78 is 0. The van der Waals surface area contributed by atoms with Gasteiger partial charge in [-0.2, -0.15) is 0 Å². The molecule has 1 aliphatic rings. The topological polar surface area (TPSA) is 78.4 Å². The highest BCUT2D eigenvalue weighted by Gasteiger charge is 2.25. The van der Waals surface area contributed by atoms with E-state index in [0.717, 1.165) is 5.56 Å². The molecule has 27 heavy (non-hydrogen) atoms. The van der Waals surface area contributed by atoms with Gasteiger partial charge in [0.2, 0.25) is 5.91 Å². The van der Waals surface area contributed by atoms with Crippen molar-refractivity contribution in [2.75, 3.05) is 38.0 Å². The second-order valence-electron chi connectivity index (χ2n) is 6.30. The third kappa shape index (κ3) is 4.49. The predicted molar refractivity (Wildman–Crippen MR) is 104 cm³/mol. The molecule has 0 saturated carbocycles. The Kier molecular flexibility index (Phi) is 5.80. The van der Waals surface area contributed by atoms with Crippen LogP contribution in [0.1, 0.15) is 17.4 Å². The third-order valence-corrected chi connectivity index (χ3v) is 4.42. The van der Waals surface area contributed by atoms with Gasteiger partial charge in [0.1, 0.15) is 11.5 Å². The summed E-state index contributed by atoms with van der Waals surface area (Å²) in [6.07, 6.45) is 1.73. The predicted octanol–water partition coefficient (Wildman–Crippen LogP) is 2.05. The van der Waals surface area contributed by atoms with E-state index < -0.39 is 0 Å². The van der Waals surface area contributed by atoms with Crippen LogP contribution in [0.4, 0.5) is 5.82 Å². The maximum absolute atomic E-state index is 13.0. The maximum Gasteiger partial charge on any atom is 0.272 e. The van der Waals surface area contributed by atoms with Crippen LogP contribution < -0.4 is 5.32 Å². The lowest BCUT2D eigenvalue weighted by molar-refractivity contribution is -0.130. The van der Waals surface area contributed by atoms with Crippen molar-refractivity contribution in [3.8, 4) is 11.4 Å². The van der Waals surface area contributed by atoms with Crippen LogP contribution in [0.25, 0.3) is 11.4 Å². The van der Waals surface area contributed by atoms with Gasteiger partial charge in [-0.3, -0.25) is 9.59 Å². The van der Waals surface area contributed by atoms with E-state index in [1.54, 1.807) is 28.9 Å². The first-order valence-electron chi connectivity index (χ1n) is 8.92. The van der Waals surface area contributed by atoms with Gasteiger partial charge in [0.05, 0.1) is 0 Å². The smallest absolute Gasteiger partial charge is 0.272 e. The van der Waals surface area contributed by atoms with Crippen LogP contribution in [0.2, 0.25) is 0 Å². The number of anilines is 1. The highest BCUT2D eigenvalue weighted by Crippen LogP contribution is 2.19. The van der Waals surface area contributed by atoms with E-state index in [1.165, 1.54) is 0 Å². The second kappa shape index (κ2) is 8.44. The summed E-state index contributed by atoms with van der Waals surface area (Å²) in [5.74, 6) is 0.954. The second-order valence-corrected chi connectivity index (χ2v) is 6.30. The van der Waals surface area contributed by atoms with Crippen molar-refractivity contribution in [3.05, 3.63) is 54.7 Å². The number of piperazine rings is 1. The van der Waals surface area contributed by atoms with Crippen LogP contribution in [0.5, 0.6) is 0 Å². The fourth-order valence-electron chi connectivity index (χ4n) is 2.93. The van der Waals surface area contributed by atoms with Crippen LogP contribution in [-0.4, -0.2) is 64.3 Å². The minimum absolute atomic E-state index is 0.0337. The third-order valence-electron chi connectivity index (χ3n) is 4.42. The molecule has 2 amide bonds. The van der Waals surface area contributed by atoms with Crippen molar-refractivity contribution >= 4 is 17.6 Å². The molecule has 1 saturated heterocycles. The van der Waals surface area contributed by atoms with Crippen molar-refractivity contribution in [2.24, 2.45) is 0 Å². The number of nitrogens with zero attached hydrogens (tertiary/aromatic N) is 4. The number of aromatic nitrogens is 2. The fraction of sp³-hybridized carbons (Fsp3) is 0.300. The summed E-state index contributed by atoms with van der Waals surface area (Å²) in [7, 11) is 0. The number of nitrogens with one attached hydrogen (secondary N) is 1. The first-order chi connectivity index (χ1) is 13.1. The standard InChI is InChI=1S/C20H23N5O2/c1-3-9-21-18-14-17(22-19(23-18)16-7-5-4-6-8-16)20(27)25-12-10-24(11-13-25)15(2)26/h3-8,14H,1,9-13H2,2H3,(H,21,22,23). The Morgan fingerprint density at radius 3 is 2.41 bits per heavy atom. The SMILES string of the molecule is C=CCNc1cc(C(=O)N2CCN(C(C)=O)CC2)nc(-c2ccccc2)n1. The molecule has 0 spiro atoms. The average molecular weight is 365 g/mol. The molecule has 0 bridgehead atoms. The van der Waals surface area contributed by atoms with Gasteiger partial charge in [-0.1, -0.05) is 36.4 Å². The molecule has 1 aromatic heterocycles. The molecular formula is C20H23N5O2. The lowest BCUT2D eigenvalue weighted by Gasteiger charge is -2.34. The van der Waals surface area contributed by atoms with E-state index in [1.807, 2.05) is 30.3 Å². The summed E-state index contributed by atoms with van der Waals surface area (Å²) in [6.45, 7) is 7.86. The molecule has 3 rings (SSSR count). The van der Waals surface area contributed by atoms with E-state index in [9.17, 15) is 9.59 Å². The lowest BCUT2D eigenvalue weighted by Crippen LogP contribution is -2.50.